The van der Waals surface area contributed by atoms with Gasteiger partial charge in [-0.3, -0.25) is 9.59 Å². The van der Waals surface area contributed by atoms with Crippen LogP contribution in [0.2, 0.25) is 0 Å². The first-order valence-corrected chi connectivity index (χ1v) is 7.92. The normalized spacial score (nSPS) is 14.3. The van der Waals surface area contributed by atoms with Gasteiger partial charge in [-0.15, -0.1) is 11.3 Å². The van der Waals surface area contributed by atoms with Gasteiger partial charge in [-0.25, -0.2) is 0 Å². The first-order chi connectivity index (χ1) is 10.6. The lowest BCUT2D eigenvalue weighted by molar-refractivity contribution is -0.114. The Kier molecular flexibility index (Phi) is 4.11. The van der Waals surface area contributed by atoms with Crippen molar-refractivity contribution in [2.75, 3.05) is 23.7 Å². The summed E-state index contributed by atoms with van der Waals surface area (Å²) in [4.78, 5) is 25.8. The predicted octanol–water partition coefficient (Wildman–Crippen LogP) is 2.64. The zero-order valence-electron chi connectivity index (χ0n) is 12.2. The van der Waals surface area contributed by atoms with E-state index < -0.39 is 0 Å². The number of likely N-dealkylation sites (tertiary alicyclic amines) is 1. The van der Waals surface area contributed by atoms with E-state index in [1.54, 1.807) is 12.1 Å². The quantitative estimate of drug-likeness (QED) is 0.912. The maximum Gasteiger partial charge on any atom is 0.264 e. The second-order valence-electron chi connectivity index (χ2n) is 5.26. The van der Waals surface area contributed by atoms with Crippen LogP contribution in [0.4, 0.5) is 10.7 Å². The summed E-state index contributed by atoms with van der Waals surface area (Å²) in [6.07, 6.45) is 0. The minimum Gasteiger partial charge on any atom is -0.379 e. The Morgan fingerprint density at radius 1 is 1.14 bits per heavy atom. The van der Waals surface area contributed by atoms with E-state index in [-0.39, 0.29) is 11.8 Å². The third-order valence-corrected chi connectivity index (χ3v) is 4.42. The summed E-state index contributed by atoms with van der Waals surface area (Å²) in [6.45, 7) is 2.85. The number of hydrogen-bond acceptors (Lipinski definition) is 4. The minimum atomic E-state index is -0.128. The molecule has 1 aliphatic heterocycles. The van der Waals surface area contributed by atoms with Crippen LogP contribution in [0, 0.1) is 0 Å². The predicted molar refractivity (Wildman–Crippen MR) is 88.4 cm³/mol. The van der Waals surface area contributed by atoms with E-state index in [1.165, 1.54) is 18.3 Å². The van der Waals surface area contributed by atoms with E-state index in [0.717, 1.165) is 5.69 Å². The minimum absolute atomic E-state index is 0.0210. The SMILES string of the molecule is CC(=O)Nc1ccc(C(=O)N2CC(Nc3ccccc3)C2)s1. The van der Waals surface area contributed by atoms with Gasteiger partial charge in [-0.2, -0.15) is 0 Å². The molecule has 1 aliphatic rings. The van der Waals surface area contributed by atoms with Crippen molar-refractivity contribution < 1.29 is 9.59 Å². The molecule has 0 aliphatic carbocycles. The average molecular weight is 315 g/mol. The van der Waals surface area contributed by atoms with E-state index in [0.29, 0.717) is 29.0 Å². The van der Waals surface area contributed by atoms with Crippen molar-refractivity contribution in [3.63, 3.8) is 0 Å². The lowest BCUT2D eigenvalue weighted by Gasteiger charge is -2.39. The monoisotopic (exact) mass is 315 g/mol. The fourth-order valence-electron chi connectivity index (χ4n) is 2.36. The van der Waals surface area contributed by atoms with Crippen LogP contribution in [0.15, 0.2) is 42.5 Å². The third-order valence-electron chi connectivity index (χ3n) is 3.43. The molecule has 2 aromatic rings. The maximum absolute atomic E-state index is 12.3. The molecule has 0 radical (unpaired) electrons. The lowest BCUT2D eigenvalue weighted by atomic mass is 10.1. The number of anilines is 2. The second kappa shape index (κ2) is 6.19. The average Bonchev–Trinajstić information content (AvgIpc) is 2.90. The van der Waals surface area contributed by atoms with Gasteiger partial charge in [0, 0.05) is 25.7 Å². The van der Waals surface area contributed by atoms with Crippen molar-refractivity contribution >= 4 is 33.8 Å². The van der Waals surface area contributed by atoms with Gasteiger partial charge >= 0.3 is 0 Å². The highest BCUT2D eigenvalue weighted by molar-refractivity contribution is 7.18. The van der Waals surface area contributed by atoms with Crippen molar-refractivity contribution in [3.05, 3.63) is 47.3 Å². The van der Waals surface area contributed by atoms with Gasteiger partial charge < -0.3 is 15.5 Å². The molecule has 1 fully saturated rings. The Bertz CT molecular complexity index is 678. The van der Waals surface area contributed by atoms with Crippen LogP contribution in [0.1, 0.15) is 16.6 Å². The topological polar surface area (TPSA) is 61.4 Å². The summed E-state index contributed by atoms with van der Waals surface area (Å²) < 4.78 is 0. The molecule has 3 rings (SSSR count). The zero-order valence-corrected chi connectivity index (χ0v) is 13.0. The van der Waals surface area contributed by atoms with E-state index in [9.17, 15) is 9.59 Å². The van der Waals surface area contributed by atoms with Gasteiger partial charge in [0.05, 0.1) is 15.9 Å². The number of nitrogens with one attached hydrogen (secondary N) is 2. The zero-order chi connectivity index (χ0) is 15.5. The molecule has 1 saturated heterocycles. The van der Waals surface area contributed by atoms with Gasteiger partial charge in [0.25, 0.3) is 5.91 Å². The van der Waals surface area contributed by atoms with Gasteiger partial charge in [-0.05, 0) is 24.3 Å². The molecule has 0 unspecified atom stereocenters. The van der Waals surface area contributed by atoms with Crippen molar-refractivity contribution in [1.29, 1.82) is 0 Å². The molecule has 0 saturated carbocycles. The van der Waals surface area contributed by atoms with Crippen LogP contribution in [0.3, 0.4) is 0 Å². The molecule has 5 nitrogen and oxygen atoms in total. The van der Waals surface area contributed by atoms with E-state index >= 15 is 0 Å². The highest BCUT2D eigenvalue weighted by Crippen LogP contribution is 2.25. The molecule has 0 spiro atoms. The number of carbonyl (C=O) groups is 2. The Balaban J connectivity index is 1.53. The van der Waals surface area contributed by atoms with E-state index in [1.807, 2.05) is 35.2 Å². The van der Waals surface area contributed by atoms with Crippen LogP contribution in [0.5, 0.6) is 0 Å². The molecule has 114 valence electrons. The molecule has 2 heterocycles. The van der Waals surface area contributed by atoms with Crippen molar-refractivity contribution in [1.82, 2.24) is 4.90 Å². The number of para-hydroxylation sites is 1. The van der Waals surface area contributed by atoms with E-state index in [2.05, 4.69) is 10.6 Å². The summed E-state index contributed by atoms with van der Waals surface area (Å²) in [5.74, 6) is -0.107. The number of amides is 2. The molecule has 2 N–H and O–H groups in total. The largest absolute Gasteiger partial charge is 0.379 e. The molecule has 2 amide bonds. The van der Waals surface area contributed by atoms with Gasteiger partial charge in [-0.1, -0.05) is 18.2 Å². The van der Waals surface area contributed by atoms with Crippen LogP contribution >= 0.6 is 11.3 Å². The number of thiophene rings is 1. The third kappa shape index (κ3) is 3.28. The van der Waals surface area contributed by atoms with Crippen molar-refractivity contribution in [2.24, 2.45) is 0 Å². The molecule has 1 aromatic heterocycles. The van der Waals surface area contributed by atoms with Crippen LogP contribution < -0.4 is 10.6 Å². The van der Waals surface area contributed by atoms with Crippen LogP contribution in [-0.2, 0) is 4.79 Å². The Morgan fingerprint density at radius 3 is 2.55 bits per heavy atom. The van der Waals surface area contributed by atoms with Crippen molar-refractivity contribution in [2.45, 2.75) is 13.0 Å². The van der Waals surface area contributed by atoms with Gasteiger partial charge in [0.1, 0.15) is 0 Å². The Hall–Kier alpha value is -2.34. The number of carbonyl (C=O) groups excluding carboxylic acids is 2. The first kappa shape index (κ1) is 14.6. The fraction of sp³-hybridized carbons (Fsp3) is 0.250. The second-order valence-corrected chi connectivity index (χ2v) is 6.35. The number of hydrogen-bond donors (Lipinski definition) is 2. The van der Waals surface area contributed by atoms with Crippen LogP contribution in [0.25, 0.3) is 0 Å². The molecule has 0 bridgehead atoms. The molecule has 0 atom stereocenters. The molecule has 1 aromatic carbocycles. The Labute approximate surface area is 132 Å². The molecular formula is C16H17N3O2S. The smallest absolute Gasteiger partial charge is 0.264 e. The standard InChI is InChI=1S/C16H17N3O2S/c1-11(20)17-15-8-7-14(22-15)16(21)19-9-13(10-19)18-12-5-3-2-4-6-12/h2-8,13,18H,9-10H2,1H3,(H,17,20). The summed E-state index contributed by atoms with van der Waals surface area (Å²) in [5.41, 5.74) is 1.07. The Morgan fingerprint density at radius 2 is 1.86 bits per heavy atom. The molecular weight excluding hydrogens is 298 g/mol. The highest BCUT2D eigenvalue weighted by atomic mass is 32.1. The summed E-state index contributed by atoms with van der Waals surface area (Å²) in [6, 6.07) is 13.8. The number of benzene rings is 1. The first-order valence-electron chi connectivity index (χ1n) is 7.10. The van der Waals surface area contributed by atoms with Crippen LogP contribution in [-0.4, -0.2) is 35.8 Å². The summed E-state index contributed by atoms with van der Waals surface area (Å²) in [5, 5.41) is 6.80. The number of nitrogens with zero attached hydrogens (tertiary/aromatic N) is 1. The lowest BCUT2D eigenvalue weighted by Crippen LogP contribution is -2.56. The molecule has 6 heteroatoms. The number of rotatable bonds is 4. The highest BCUT2D eigenvalue weighted by Gasteiger charge is 2.31. The van der Waals surface area contributed by atoms with Gasteiger partial charge in [0.15, 0.2) is 0 Å². The molecule has 22 heavy (non-hydrogen) atoms. The van der Waals surface area contributed by atoms with E-state index in [4.69, 9.17) is 0 Å². The van der Waals surface area contributed by atoms with Crippen molar-refractivity contribution in [3.8, 4) is 0 Å². The maximum atomic E-state index is 12.3. The fourth-order valence-corrected chi connectivity index (χ4v) is 3.28. The summed E-state index contributed by atoms with van der Waals surface area (Å²) >= 11 is 1.31. The summed E-state index contributed by atoms with van der Waals surface area (Å²) in [7, 11) is 0. The van der Waals surface area contributed by atoms with Gasteiger partial charge in [0.2, 0.25) is 5.91 Å².